The maximum atomic E-state index is 6.20. The third-order valence-electron chi connectivity index (χ3n) is 3.52. The zero-order valence-electron chi connectivity index (χ0n) is 15.3. The molecule has 1 heterocycles. The lowest BCUT2D eigenvalue weighted by atomic mass is 10.1. The SMILES string of the molecule is CC(C)CN(CC(C)C)c1ccc(N=Nc2ccc(Br)cn2)c(N)c1. The predicted octanol–water partition coefficient (Wildman–Crippen LogP) is 5.96. The number of halogens is 1. The monoisotopic (exact) mass is 403 g/mol. The Morgan fingerprint density at radius 3 is 2.24 bits per heavy atom. The van der Waals surface area contributed by atoms with Crippen LogP contribution in [0.2, 0.25) is 0 Å². The Morgan fingerprint density at radius 1 is 1.04 bits per heavy atom. The van der Waals surface area contributed by atoms with E-state index in [1.807, 2.05) is 18.2 Å². The maximum absolute atomic E-state index is 6.20. The molecule has 1 aromatic carbocycles. The van der Waals surface area contributed by atoms with Crippen molar-refractivity contribution >= 4 is 38.8 Å². The van der Waals surface area contributed by atoms with Crippen molar-refractivity contribution in [3.8, 4) is 0 Å². The van der Waals surface area contributed by atoms with Crippen LogP contribution in [0.25, 0.3) is 0 Å². The molecule has 25 heavy (non-hydrogen) atoms. The van der Waals surface area contributed by atoms with Crippen LogP contribution >= 0.6 is 15.9 Å². The van der Waals surface area contributed by atoms with Crippen LogP contribution in [0.15, 0.2) is 51.2 Å². The van der Waals surface area contributed by atoms with Crippen LogP contribution < -0.4 is 10.6 Å². The van der Waals surface area contributed by atoms with E-state index in [-0.39, 0.29) is 0 Å². The fourth-order valence-electron chi connectivity index (χ4n) is 2.53. The molecular formula is C19H26BrN5. The van der Waals surface area contributed by atoms with Crippen LogP contribution in [0, 0.1) is 11.8 Å². The molecule has 5 nitrogen and oxygen atoms in total. The Bertz CT molecular complexity index is 700. The van der Waals surface area contributed by atoms with Gasteiger partial charge in [0.15, 0.2) is 5.82 Å². The summed E-state index contributed by atoms with van der Waals surface area (Å²) in [6.45, 7) is 10.9. The number of azo groups is 1. The first kappa shape index (κ1) is 19.4. The van der Waals surface area contributed by atoms with E-state index in [2.05, 4.69) is 69.8 Å². The van der Waals surface area contributed by atoms with Gasteiger partial charge in [-0.25, -0.2) is 4.98 Å². The van der Waals surface area contributed by atoms with E-state index < -0.39 is 0 Å². The minimum absolute atomic E-state index is 0.549. The number of hydrogen-bond donors (Lipinski definition) is 1. The van der Waals surface area contributed by atoms with E-state index in [9.17, 15) is 0 Å². The van der Waals surface area contributed by atoms with Gasteiger partial charge in [-0.3, -0.25) is 0 Å². The molecule has 0 bridgehead atoms. The molecule has 0 fully saturated rings. The van der Waals surface area contributed by atoms with Crippen molar-refractivity contribution in [1.29, 1.82) is 0 Å². The number of nitrogens with two attached hydrogens (primary N) is 1. The summed E-state index contributed by atoms with van der Waals surface area (Å²) in [5.41, 5.74) is 8.60. The van der Waals surface area contributed by atoms with Crippen molar-refractivity contribution in [3.05, 3.63) is 41.0 Å². The number of anilines is 2. The number of pyridine rings is 1. The van der Waals surface area contributed by atoms with Crippen LogP contribution in [0.3, 0.4) is 0 Å². The molecule has 2 N–H and O–H groups in total. The number of nitrogen functional groups attached to an aromatic ring is 1. The van der Waals surface area contributed by atoms with Gasteiger partial charge in [0.2, 0.25) is 0 Å². The van der Waals surface area contributed by atoms with Crippen LogP contribution in [-0.2, 0) is 0 Å². The largest absolute Gasteiger partial charge is 0.397 e. The smallest absolute Gasteiger partial charge is 0.174 e. The van der Waals surface area contributed by atoms with Crippen LogP contribution in [0.5, 0.6) is 0 Å². The third kappa shape index (κ3) is 6.12. The van der Waals surface area contributed by atoms with Gasteiger partial charge < -0.3 is 10.6 Å². The second-order valence-corrected chi connectivity index (χ2v) is 7.89. The predicted molar refractivity (Wildman–Crippen MR) is 109 cm³/mol. The minimum atomic E-state index is 0.549. The molecule has 134 valence electrons. The molecule has 0 unspecified atom stereocenters. The first-order chi connectivity index (χ1) is 11.8. The molecule has 6 heteroatoms. The number of aromatic nitrogens is 1. The number of benzene rings is 1. The van der Waals surface area contributed by atoms with E-state index >= 15 is 0 Å². The maximum Gasteiger partial charge on any atom is 0.174 e. The Hall–Kier alpha value is -1.95. The molecule has 0 spiro atoms. The minimum Gasteiger partial charge on any atom is -0.397 e. The van der Waals surface area contributed by atoms with Crippen molar-refractivity contribution in [3.63, 3.8) is 0 Å². The van der Waals surface area contributed by atoms with Crippen molar-refractivity contribution in [2.24, 2.45) is 22.1 Å². The van der Waals surface area contributed by atoms with Gasteiger partial charge in [0.1, 0.15) is 5.69 Å². The van der Waals surface area contributed by atoms with E-state index in [1.165, 1.54) is 0 Å². The Balaban J connectivity index is 2.19. The molecule has 0 atom stereocenters. The van der Waals surface area contributed by atoms with Crippen LogP contribution in [0.4, 0.5) is 22.9 Å². The number of rotatable bonds is 7. The van der Waals surface area contributed by atoms with Gasteiger partial charge in [-0.2, -0.15) is 0 Å². The van der Waals surface area contributed by atoms with Crippen LogP contribution in [-0.4, -0.2) is 18.1 Å². The van der Waals surface area contributed by atoms with E-state index in [1.54, 1.807) is 12.3 Å². The van der Waals surface area contributed by atoms with Gasteiger partial charge in [-0.15, -0.1) is 10.2 Å². The molecule has 0 aliphatic carbocycles. The van der Waals surface area contributed by atoms with Gasteiger partial charge in [0.05, 0.1) is 5.69 Å². The highest BCUT2D eigenvalue weighted by molar-refractivity contribution is 9.10. The van der Waals surface area contributed by atoms with Crippen LogP contribution in [0.1, 0.15) is 27.7 Å². The molecule has 2 aromatic rings. The first-order valence-electron chi connectivity index (χ1n) is 8.53. The highest BCUT2D eigenvalue weighted by Gasteiger charge is 2.12. The van der Waals surface area contributed by atoms with Crippen molar-refractivity contribution in [2.75, 3.05) is 23.7 Å². The topological polar surface area (TPSA) is 66.9 Å². The summed E-state index contributed by atoms with van der Waals surface area (Å²) in [6, 6.07) is 9.63. The normalized spacial score (nSPS) is 11.6. The third-order valence-corrected chi connectivity index (χ3v) is 3.99. The summed E-state index contributed by atoms with van der Waals surface area (Å²) in [5, 5.41) is 8.38. The molecule has 0 saturated heterocycles. The Kier molecular flexibility index (Phi) is 6.93. The fourth-order valence-corrected chi connectivity index (χ4v) is 2.76. The first-order valence-corrected chi connectivity index (χ1v) is 9.32. The van der Waals surface area contributed by atoms with Crippen molar-refractivity contribution in [1.82, 2.24) is 4.98 Å². The summed E-state index contributed by atoms with van der Waals surface area (Å²) >= 11 is 3.35. The fraction of sp³-hybridized carbons (Fsp3) is 0.421. The Labute approximate surface area is 158 Å². The molecular weight excluding hydrogens is 378 g/mol. The van der Waals surface area contributed by atoms with Gasteiger partial charge in [-0.1, -0.05) is 27.7 Å². The molecule has 0 radical (unpaired) electrons. The molecule has 1 aromatic heterocycles. The summed E-state index contributed by atoms with van der Waals surface area (Å²) in [4.78, 5) is 6.56. The highest BCUT2D eigenvalue weighted by atomic mass is 79.9. The second-order valence-electron chi connectivity index (χ2n) is 6.97. The molecule has 0 saturated carbocycles. The molecule has 2 rings (SSSR count). The summed E-state index contributed by atoms with van der Waals surface area (Å²) in [7, 11) is 0. The van der Waals surface area contributed by atoms with Crippen molar-refractivity contribution in [2.45, 2.75) is 27.7 Å². The molecule has 0 aliphatic heterocycles. The lowest BCUT2D eigenvalue weighted by molar-refractivity contribution is 0.553. The quantitative estimate of drug-likeness (QED) is 0.457. The zero-order valence-corrected chi connectivity index (χ0v) is 16.9. The van der Waals surface area contributed by atoms with Gasteiger partial charge in [-0.05, 0) is 58.1 Å². The summed E-state index contributed by atoms with van der Waals surface area (Å²) in [6.07, 6.45) is 1.69. The van der Waals surface area contributed by atoms with Gasteiger partial charge in [0, 0.05) is 29.4 Å². The average molecular weight is 404 g/mol. The standard InChI is InChI=1S/C19H26BrN5/c1-13(2)11-25(12-14(3)4)16-6-7-18(17(21)9-16)23-24-19-8-5-15(20)10-22-19/h5-10,13-14H,11-12,21H2,1-4H3. The molecule has 0 amide bonds. The summed E-state index contributed by atoms with van der Waals surface area (Å²) in [5.74, 6) is 1.72. The Morgan fingerprint density at radius 2 is 1.72 bits per heavy atom. The number of hydrogen-bond acceptors (Lipinski definition) is 5. The summed E-state index contributed by atoms with van der Waals surface area (Å²) < 4.78 is 0.908. The van der Waals surface area contributed by atoms with E-state index in [4.69, 9.17) is 5.73 Å². The number of nitrogens with zero attached hydrogens (tertiary/aromatic N) is 4. The van der Waals surface area contributed by atoms with E-state index in [0.29, 0.717) is 29.0 Å². The molecule has 0 aliphatic rings. The lowest BCUT2D eigenvalue weighted by Crippen LogP contribution is -2.31. The zero-order chi connectivity index (χ0) is 18.4. The van der Waals surface area contributed by atoms with E-state index in [0.717, 1.165) is 23.2 Å². The average Bonchev–Trinajstić information content (AvgIpc) is 2.53. The van der Waals surface area contributed by atoms with Gasteiger partial charge in [0.25, 0.3) is 0 Å². The van der Waals surface area contributed by atoms with Crippen molar-refractivity contribution < 1.29 is 0 Å². The van der Waals surface area contributed by atoms with Gasteiger partial charge >= 0.3 is 0 Å². The second kappa shape index (κ2) is 8.94. The highest BCUT2D eigenvalue weighted by Crippen LogP contribution is 2.29. The lowest BCUT2D eigenvalue weighted by Gasteiger charge is -2.28.